The minimum absolute atomic E-state index is 0.00131. The van der Waals surface area contributed by atoms with Crippen molar-refractivity contribution in [1.82, 2.24) is 0 Å². The van der Waals surface area contributed by atoms with E-state index in [0.717, 1.165) is 0 Å². The summed E-state index contributed by atoms with van der Waals surface area (Å²) in [5, 5.41) is 9.87. The Morgan fingerprint density at radius 3 is 0.979 bits per heavy atom. The second-order valence-electron chi connectivity index (χ2n) is 16.3. The molecule has 0 aromatic carbocycles. The molecule has 0 amide bonds. The average Bonchev–Trinajstić information content (AvgIpc) is 3.08. The van der Waals surface area contributed by atoms with E-state index in [4.69, 9.17) is 37.9 Å². The van der Waals surface area contributed by atoms with Crippen molar-refractivity contribution < 1.29 is 43.0 Å². The van der Waals surface area contributed by atoms with E-state index in [9.17, 15) is 5.11 Å². The zero-order valence-electron chi connectivity index (χ0n) is 32.1. The van der Waals surface area contributed by atoms with Crippen molar-refractivity contribution in [2.75, 3.05) is 33.0 Å². The third kappa shape index (κ3) is 8.87. The number of ether oxygens (including phenoxy) is 8. The summed E-state index contributed by atoms with van der Waals surface area (Å²) in [6, 6.07) is 0. The van der Waals surface area contributed by atoms with Gasteiger partial charge in [0.1, 0.15) is 0 Å². The molecule has 1 N–H and O–H groups in total. The van der Waals surface area contributed by atoms with Crippen LogP contribution in [0.4, 0.5) is 0 Å². The Kier molecular flexibility index (Phi) is 14.8. The molecule has 0 saturated carbocycles. The summed E-state index contributed by atoms with van der Waals surface area (Å²) < 4.78 is 51.4. The van der Waals surface area contributed by atoms with Crippen LogP contribution in [0.3, 0.4) is 0 Å². The topological polar surface area (TPSA) is 94.1 Å². The van der Waals surface area contributed by atoms with Gasteiger partial charge in [-0.05, 0) is 47.3 Å². The van der Waals surface area contributed by atoms with Gasteiger partial charge in [-0.3, -0.25) is 0 Å². The van der Waals surface area contributed by atoms with Gasteiger partial charge in [0, 0.05) is 23.7 Å². The van der Waals surface area contributed by atoms with Crippen LogP contribution in [0.2, 0.25) is 0 Å². The van der Waals surface area contributed by atoms with Crippen LogP contribution >= 0.6 is 0 Å². The van der Waals surface area contributed by atoms with Gasteiger partial charge in [0.15, 0.2) is 25.2 Å². The highest BCUT2D eigenvalue weighted by Gasteiger charge is 2.46. The SMILES string of the molecule is C=CCO[C@@H]1OC(CO[C@@H]2OC(CO[C@@H]3OC(CO[C@@H]4OC(CO)[C@@H](C)[C@H](C)C4C)[C@@H](C)[C@H](C)C3C)[C@@H](C)[C@H](C)C2C)[C@@H](C)[C@H](C)C1C. The van der Waals surface area contributed by atoms with Crippen LogP contribution in [0.1, 0.15) is 83.1 Å². The summed E-state index contributed by atoms with van der Waals surface area (Å²) in [4.78, 5) is 0. The smallest absolute Gasteiger partial charge is 0.161 e. The van der Waals surface area contributed by atoms with Gasteiger partial charge in [0.2, 0.25) is 0 Å². The third-order valence-corrected chi connectivity index (χ3v) is 13.8. The van der Waals surface area contributed by atoms with Gasteiger partial charge in [0.25, 0.3) is 0 Å². The standard InChI is InChI=1S/C39H70O9/c1-14-15-41-36-28(10)21(3)25(7)33(46-36)17-43-38-30(12)23(5)27(9)35(48-38)19-44-39-31(13)22(4)26(8)34(47-39)18-42-37-29(11)20(2)24(6)32(16-40)45-37/h14,20-40H,1,15-19H2,2-13H3/t20-,21-,22-,23-,24-,25-,26-,27-,28?,29?,30?,31?,32?,33?,34?,35?,36+,37+,38+,39+/m0/s1. The molecule has 4 fully saturated rings. The van der Waals surface area contributed by atoms with Gasteiger partial charge in [-0.1, -0.05) is 89.2 Å². The van der Waals surface area contributed by atoms with Crippen LogP contribution in [-0.2, 0) is 37.9 Å². The van der Waals surface area contributed by atoms with Gasteiger partial charge in [-0.25, -0.2) is 0 Å². The fraction of sp³-hybridized carbons (Fsp3) is 0.949. The summed E-state index contributed by atoms with van der Waals surface area (Å²) in [6.07, 6.45) is -0.118. The molecule has 0 aromatic rings. The predicted octanol–water partition coefficient (Wildman–Crippen LogP) is 6.76. The Labute approximate surface area is 292 Å². The first kappa shape index (κ1) is 40.2. The minimum atomic E-state index is -0.366. The Morgan fingerprint density at radius 2 is 0.688 bits per heavy atom. The molecule has 0 aromatic heterocycles. The lowest BCUT2D eigenvalue weighted by Crippen LogP contribution is -2.52. The predicted molar refractivity (Wildman–Crippen MR) is 186 cm³/mol. The Bertz CT molecular complexity index is 979. The molecule has 9 heteroatoms. The first-order valence-electron chi connectivity index (χ1n) is 19.0. The number of hydrogen-bond acceptors (Lipinski definition) is 9. The average molecular weight is 683 g/mol. The number of rotatable bonds is 13. The van der Waals surface area contributed by atoms with E-state index in [1.807, 2.05) is 0 Å². The van der Waals surface area contributed by atoms with Gasteiger partial charge in [0.05, 0.1) is 57.5 Å². The minimum Gasteiger partial charge on any atom is -0.394 e. The Hall–Kier alpha value is -0.620. The van der Waals surface area contributed by atoms with Gasteiger partial charge >= 0.3 is 0 Å². The van der Waals surface area contributed by atoms with E-state index in [2.05, 4.69) is 89.7 Å². The monoisotopic (exact) mass is 683 g/mol. The second-order valence-corrected chi connectivity index (χ2v) is 16.3. The summed E-state index contributed by atoms with van der Waals surface area (Å²) in [5.74, 6) is 3.76. The maximum Gasteiger partial charge on any atom is 0.161 e. The van der Waals surface area contributed by atoms with Crippen molar-refractivity contribution in [2.24, 2.45) is 71.0 Å². The van der Waals surface area contributed by atoms with E-state index in [0.29, 0.717) is 73.8 Å². The fourth-order valence-electron chi connectivity index (χ4n) is 8.22. The molecular formula is C39H70O9. The van der Waals surface area contributed by atoms with Crippen molar-refractivity contribution in [3.05, 3.63) is 12.7 Å². The van der Waals surface area contributed by atoms with Crippen molar-refractivity contribution in [2.45, 2.75) is 133 Å². The number of aliphatic hydroxyl groups is 1. The zero-order chi connectivity index (χ0) is 35.4. The lowest BCUT2D eigenvalue weighted by atomic mass is 9.78. The van der Waals surface area contributed by atoms with E-state index in [1.165, 1.54) is 0 Å². The molecule has 48 heavy (non-hydrogen) atoms. The highest BCUT2D eigenvalue weighted by Crippen LogP contribution is 2.41. The Morgan fingerprint density at radius 1 is 0.417 bits per heavy atom. The first-order valence-corrected chi connectivity index (χ1v) is 19.0. The first-order chi connectivity index (χ1) is 22.7. The quantitative estimate of drug-likeness (QED) is 0.212. The van der Waals surface area contributed by atoms with Crippen LogP contribution in [0.15, 0.2) is 12.7 Å². The third-order valence-electron chi connectivity index (χ3n) is 13.8. The molecule has 9 nitrogen and oxygen atoms in total. The molecule has 0 aliphatic carbocycles. The maximum atomic E-state index is 9.87. The van der Waals surface area contributed by atoms with Crippen LogP contribution < -0.4 is 0 Å². The van der Waals surface area contributed by atoms with Gasteiger partial charge in [-0.2, -0.15) is 0 Å². The summed E-state index contributed by atoms with van der Waals surface area (Å²) >= 11 is 0. The van der Waals surface area contributed by atoms with Crippen LogP contribution in [0.5, 0.6) is 0 Å². The fourth-order valence-corrected chi connectivity index (χ4v) is 8.22. The van der Waals surface area contributed by atoms with Crippen LogP contribution in [0, 0.1) is 71.0 Å². The van der Waals surface area contributed by atoms with Crippen LogP contribution in [0.25, 0.3) is 0 Å². The maximum absolute atomic E-state index is 9.87. The molecule has 4 aliphatic rings. The molecule has 4 saturated heterocycles. The molecule has 8 unspecified atom stereocenters. The summed E-state index contributed by atoms with van der Waals surface area (Å²) in [7, 11) is 0. The van der Waals surface area contributed by atoms with Crippen molar-refractivity contribution in [1.29, 1.82) is 0 Å². The largest absolute Gasteiger partial charge is 0.394 e. The number of aliphatic hydroxyl groups excluding tert-OH is 1. The molecule has 4 rings (SSSR count). The van der Waals surface area contributed by atoms with E-state index >= 15 is 0 Å². The summed E-state index contributed by atoms with van der Waals surface area (Å²) in [5.41, 5.74) is 0. The van der Waals surface area contributed by atoms with Crippen molar-refractivity contribution >= 4 is 0 Å². The molecule has 4 heterocycles. The molecule has 280 valence electrons. The van der Waals surface area contributed by atoms with Crippen LogP contribution in [-0.4, -0.2) is 87.7 Å². The molecule has 4 aliphatic heterocycles. The second kappa shape index (κ2) is 17.7. The highest BCUT2D eigenvalue weighted by atomic mass is 16.7. The lowest BCUT2D eigenvalue weighted by molar-refractivity contribution is -0.311. The molecular weight excluding hydrogens is 612 g/mol. The van der Waals surface area contributed by atoms with E-state index in [1.54, 1.807) is 6.08 Å². The highest BCUT2D eigenvalue weighted by molar-refractivity contribution is 4.88. The van der Waals surface area contributed by atoms with Gasteiger partial charge in [-0.15, -0.1) is 6.58 Å². The molecule has 0 radical (unpaired) electrons. The number of hydrogen-bond donors (Lipinski definition) is 1. The normalized spacial score (nSPS) is 50.3. The van der Waals surface area contributed by atoms with Gasteiger partial charge < -0.3 is 43.0 Å². The van der Waals surface area contributed by atoms with E-state index in [-0.39, 0.29) is 79.9 Å². The summed E-state index contributed by atoms with van der Waals surface area (Å²) in [6.45, 7) is 32.3. The molecule has 0 bridgehead atoms. The molecule has 0 spiro atoms. The molecule has 20 atom stereocenters. The Balaban J connectivity index is 1.33. The zero-order valence-corrected chi connectivity index (χ0v) is 32.1. The van der Waals surface area contributed by atoms with Crippen molar-refractivity contribution in [3.63, 3.8) is 0 Å². The lowest BCUT2D eigenvalue weighted by Gasteiger charge is -2.47. The van der Waals surface area contributed by atoms with Crippen molar-refractivity contribution in [3.8, 4) is 0 Å². The van der Waals surface area contributed by atoms with E-state index < -0.39 is 0 Å².